The number of nitrogens with zero attached hydrogens (tertiary/aromatic N) is 3. The molecule has 41 heavy (non-hydrogen) atoms. The van der Waals surface area contributed by atoms with Crippen molar-refractivity contribution in [2.45, 2.75) is 20.5 Å². The molecule has 12 heteroatoms. The van der Waals surface area contributed by atoms with Gasteiger partial charge in [0.2, 0.25) is 0 Å². The SMILES string of the molecule is CCOc1cc(/C=N/NC(=O)C(=O)Nc2c(C)n(C)n(-c3ccccc3)c2=O)ccc1OCc1ccc(F)cc1Cl. The van der Waals surface area contributed by atoms with E-state index >= 15 is 0 Å². The molecular weight excluding hydrogens is 553 g/mol. The van der Waals surface area contributed by atoms with Crippen LogP contribution in [0.1, 0.15) is 23.7 Å². The van der Waals surface area contributed by atoms with Crippen LogP contribution in [0, 0.1) is 12.7 Å². The summed E-state index contributed by atoms with van der Waals surface area (Å²) in [5, 5.41) is 6.47. The minimum atomic E-state index is -1.06. The summed E-state index contributed by atoms with van der Waals surface area (Å²) in [6, 6.07) is 17.9. The van der Waals surface area contributed by atoms with Crippen molar-refractivity contribution in [3.63, 3.8) is 0 Å². The van der Waals surface area contributed by atoms with E-state index in [4.69, 9.17) is 21.1 Å². The molecule has 0 unspecified atom stereocenters. The molecule has 1 heterocycles. The number of amides is 2. The largest absolute Gasteiger partial charge is 0.490 e. The second kappa shape index (κ2) is 13.0. The number of aromatic nitrogens is 2. The number of benzene rings is 3. The summed E-state index contributed by atoms with van der Waals surface area (Å²) in [5.41, 5.74) is 3.89. The van der Waals surface area contributed by atoms with E-state index < -0.39 is 23.2 Å². The van der Waals surface area contributed by atoms with Gasteiger partial charge in [-0.15, -0.1) is 0 Å². The molecule has 0 atom stereocenters. The molecule has 0 saturated carbocycles. The van der Waals surface area contributed by atoms with Crippen molar-refractivity contribution in [2.24, 2.45) is 12.1 Å². The fourth-order valence-electron chi connectivity index (χ4n) is 3.89. The summed E-state index contributed by atoms with van der Waals surface area (Å²) in [6.45, 7) is 3.92. The molecule has 2 amide bonds. The molecule has 0 spiro atoms. The molecule has 4 aromatic rings. The fraction of sp³-hybridized carbons (Fsp3) is 0.172. The molecule has 0 fully saturated rings. The van der Waals surface area contributed by atoms with E-state index in [1.807, 2.05) is 13.0 Å². The topological polar surface area (TPSA) is 116 Å². The number of rotatable bonds is 9. The average Bonchev–Trinajstić information content (AvgIpc) is 3.16. The summed E-state index contributed by atoms with van der Waals surface area (Å²) in [7, 11) is 1.68. The highest BCUT2D eigenvalue weighted by Crippen LogP contribution is 2.30. The Morgan fingerprint density at radius 2 is 1.78 bits per heavy atom. The Kier molecular flexibility index (Phi) is 9.20. The first-order chi connectivity index (χ1) is 19.7. The lowest BCUT2D eigenvalue weighted by atomic mass is 10.2. The van der Waals surface area contributed by atoms with Gasteiger partial charge >= 0.3 is 11.8 Å². The Labute approximate surface area is 239 Å². The van der Waals surface area contributed by atoms with Gasteiger partial charge in [-0.25, -0.2) is 14.5 Å². The van der Waals surface area contributed by atoms with Crippen LogP contribution in [-0.4, -0.2) is 34.0 Å². The van der Waals surface area contributed by atoms with Crippen LogP contribution in [-0.2, 0) is 23.2 Å². The number of carbonyl (C=O) groups excluding carboxylic acids is 2. The molecule has 0 aliphatic heterocycles. The molecule has 4 rings (SSSR count). The zero-order chi connectivity index (χ0) is 29.5. The first-order valence-corrected chi connectivity index (χ1v) is 12.9. The van der Waals surface area contributed by atoms with Crippen LogP contribution in [0.3, 0.4) is 0 Å². The van der Waals surface area contributed by atoms with E-state index in [1.54, 1.807) is 61.1 Å². The van der Waals surface area contributed by atoms with Crippen molar-refractivity contribution in [1.82, 2.24) is 14.8 Å². The lowest BCUT2D eigenvalue weighted by Gasteiger charge is -2.13. The summed E-state index contributed by atoms with van der Waals surface area (Å²) in [6.07, 6.45) is 1.32. The lowest BCUT2D eigenvalue weighted by Crippen LogP contribution is -2.34. The number of carbonyl (C=O) groups is 2. The van der Waals surface area contributed by atoms with Crippen molar-refractivity contribution < 1.29 is 23.5 Å². The van der Waals surface area contributed by atoms with Gasteiger partial charge in [0.05, 0.1) is 29.2 Å². The van der Waals surface area contributed by atoms with Crippen LogP contribution < -0.4 is 25.8 Å². The maximum Gasteiger partial charge on any atom is 0.329 e. The van der Waals surface area contributed by atoms with E-state index in [9.17, 15) is 18.8 Å². The second-order valence-corrected chi connectivity index (χ2v) is 9.16. The minimum Gasteiger partial charge on any atom is -0.490 e. The van der Waals surface area contributed by atoms with Crippen molar-refractivity contribution in [3.8, 4) is 17.2 Å². The molecule has 0 aliphatic carbocycles. The highest BCUT2D eigenvalue weighted by Gasteiger charge is 2.21. The maximum absolute atomic E-state index is 13.3. The summed E-state index contributed by atoms with van der Waals surface area (Å²) in [5.74, 6) is -1.72. The standard InChI is InChI=1S/C29H27ClFN5O5/c1-4-40-25-14-19(10-13-24(25)41-17-20-11-12-21(31)15-23(20)30)16-32-34-28(38)27(37)33-26-18(2)35(3)36(29(26)39)22-8-6-5-7-9-22/h5-16H,4,17H2,1-3H3,(H,33,37)(H,34,38)/b32-16+. The summed E-state index contributed by atoms with van der Waals surface area (Å²) in [4.78, 5) is 37.9. The van der Waals surface area contributed by atoms with E-state index in [0.29, 0.717) is 40.6 Å². The molecule has 1 aromatic heterocycles. The van der Waals surface area contributed by atoms with E-state index in [-0.39, 0.29) is 17.3 Å². The smallest absolute Gasteiger partial charge is 0.329 e. The Morgan fingerprint density at radius 3 is 2.49 bits per heavy atom. The molecule has 2 N–H and O–H groups in total. The molecule has 0 bridgehead atoms. The van der Waals surface area contributed by atoms with Gasteiger partial charge in [-0.1, -0.05) is 35.9 Å². The Bertz CT molecular complexity index is 1670. The fourth-order valence-corrected chi connectivity index (χ4v) is 4.11. The minimum absolute atomic E-state index is 0.0145. The Morgan fingerprint density at radius 1 is 1.02 bits per heavy atom. The van der Waals surface area contributed by atoms with E-state index in [1.165, 1.54) is 29.1 Å². The van der Waals surface area contributed by atoms with Gasteiger partial charge in [0.15, 0.2) is 11.5 Å². The highest BCUT2D eigenvalue weighted by atomic mass is 35.5. The molecule has 212 valence electrons. The lowest BCUT2D eigenvalue weighted by molar-refractivity contribution is -0.136. The molecule has 0 aliphatic rings. The second-order valence-electron chi connectivity index (χ2n) is 8.75. The number of hydrazone groups is 1. The van der Waals surface area contributed by atoms with Gasteiger partial charge in [-0.05, 0) is 61.9 Å². The first kappa shape index (κ1) is 29.1. The van der Waals surface area contributed by atoms with Crippen molar-refractivity contribution in [3.05, 3.63) is 105 Å². The van der Waals surface area contributed by atoms with Crippen molar-refractivity contribution >= 4 is 35.3 Å². The number of nitrogens with one attached hydrogen (secondary N) is 2. The zero-order valence-electron chi connectivity index (χ0n) is 22.5. The number of ether oxygens (including phenoxy) is 2. The molecule has 0 saturated heterocycles. The third-order valence-corrected chi connectivity index (χ3v) is 6.40. The predicted octanol–water partition coefficient (Wildman–Crippen LogP) is 4.34. The van der Waals surface area contributed by atoms with Crippen LogP contribution in [0.5, 0.6) is 11.5 Å². The normalized spacial score (nSPS) is 11.0. The van der Waals surface area contributed by atoms with Crippen molar-refractivity contribution in [2.75, 3.05) is 11.9 Å². The summed E-state index contributed by atoms with van der Waals surface area (Å²) < 4.78 is 27.7. The highest BCUT2D eigenvalue weighted by molar-refractivity contribution is 6.39. The number of para-hydroxylation sites is 1. The van der Waals surface area contributed by atoms with Crippen LogP contribution in [0.2, 0.25) is 5.02 Å². The molecule has 3 aromatic carbocycles. The molecule has 0 radical (unpaired) electrons. The van der Waals surface area contributed by atoms with Gasteiger partial charge in [-0.2, -0.15) is 5.10 Å². The van der Waals surface area contributed by atoms with Gasteiger partial charge in [0.25, 0.3) is 5.56 Å². The predicted molar refractivity (Wildman–Crippen MR) is 153 cm³/mol. The van der Waals surface area contributed by atoms with Gasteiger partial charge in [0.1, 0.15) is 18.1 Å². The zero-order valence-corrected chi connectivity index (χ0v) is 23.2. The Hall–Kier alpha value is -4.90. The van der Waals surface area contributed by atoms with Crippen LogP contribution >= 0.6 is 11.6 Å². The number of hydrogen-bond donors (Lipinski definition) is 2. The van der Waals surface area contributed by atoms with Crippen LogP contribution in [0.4, 0.5) is 10.1 Å². The van der Waals surface area contributed by atoms with Crippen LogP contribution in [0.25, 0.3) is 5.69 Å². The van der Waals surface area contributed by atoms with Crippen molar-refractivity contribution in [1.29, 1.82) is 0 Å². The average molecular weight is 580 g/mol. The Balaban J connectivity index is 1.40. The molecule has 10 nitrogen and oxygen atoms in total. The van der Waals surface area contributed by atoms with Gasteiger partial charge < -0.3 is 14.8 Å². The third kappa shape index (κ3) is 6.82. The third-order valence-electron chi connectivity index (χ3n) is 6.04. The number of hydrogen-bond acceptors (Lipinski definition) is 6. The van der Waals surface area contributed by atoms with Crippen LogP contribution in [0.15, 0.2) is 76.6 Å². The number of anilines is 1. The molecular formula is C29H27ClFN5O5. The maximum atomic E-state index is 13.3. The van der Waals surface area contributed by atoms with Gasteiger partial charge in [-0.3, -0.25) is 19.1 Å². The quantitative estimate of drug-likeness (QED) is 0.174. The summed E-state index contributed by atoms with van der Waals surface area (Å²) >= 11 is 6.07. The van der Waals surface area contributed by atoms with E-state index in [0.717, 1.165) is 0 Å². The van der Waals surface area contributed by atoms with E-state index in [2.05, 4.69) is 15.8 Å². The van der Waals surface area contributed by atoms with Gasteiger partial charge in [0, 0.05) is 12.6 Å². The number of halogens is 2. The first-order valence-electron chi connectivity index (χ1n) is 12.5. The monoisotopic (exact) mass is 579 g/mol.